The third-order valence-corrected chi connectivity index (χ3v) is 7.02. The maximum absolute atomic E-state index is 13.6. The Morgan fingerprint density at radius 2 is 1.91 bits per heavy atom. The third kappa shape index (κ3) is 3.22. The Kier molecular flexibility index (Phi) is 5.01. The van der Waals surface area contributed by atoms with Crippen molar-refractivity contribution in [1.29, 1.82) is 0 Å². The number of thiazole rings is 1. The minimum absolute atomic E-state index is 0.230. The first-order valence-electron chi connectivity index (χ1n) is 10.3. The Bertz CT molecular complexity index is 1440. The number of carbonyl (C=O) groups excluding carboxylic acids is 1. The summed E-state index contributed by atoms with van der Waals surface area (Å²) in [4.78, 5) is 31.7. The van der Waals surface area contributed by atoms with Crippen LogP contribution in [0.2, 0.25) is 0 Å². The van der Waals surface area contributed by atoms with Crippen LogP contribution in [-0.4, -0.2) is 37.6 Å². The molecule has 0 saturated heterocycles. The average Bonchev–Trinajstić information content (AvgIpc) is 3.11. The van der Waals surface area contributed by atoms with Gasteiger partial charge in [0.15, 0.2) is 16.3 Å². The number of benzene rings is 2. The van der Waals surface area contributed by atoms with Crippen molar-refractivity contribution in [2.75, 3.05) is 21.3 Å². The first-order valence-corrected chi connectivity index (χ1v) is 11.1. The van der Waals surface area contributed by atoms with Gasteiger partial charge in [0.25, 0.3) is 5.56 Å². The van der Waals surface area contributed by atoms with Gasteiger partial charge < -0.3 is 18.9 Å². The van der Waals surface area contributed by atoms with E-state index in [0.29, 0.717) is 26.6 Å². The quantitative estimate of drug-likeness (QED) is 0.546. The van der Waals surface area contributed by atoms with Gasteiger partial charge in [-0.2, -0.15) is 0 Å². The Labute approximate surface area is 193 Å². The Morgan fingerprint density at radius 3 is 2.64 bits per heavy atom. The molecule has 3 atom stereocenters. The van der Waals surface area contributed by atoms with Crippen LogP contribution in [0, 0.1) is 5.92 Å². The molecule has 0 amide bonds. The molecular weight excluding hydrogens is 444 g/mol. The number of fused-ring (bicyclic) bond motifs is 6. The van der Waals surface area contributed by atoms with E-state index >= 15 is 0 Å². The van der Waals surface area contributed by atoms with Crippen molar-refractivity contribution in [3.63, 3.8) is 0 Å². The number of ether oxygens (including phenoxy) is 4. The second kappa shape index (κ2) is 7.77. The molecule has 0 N–H and O–H groups in total. The van der Waals surface area contributed by atoms with Crippen LogP contribution in [0.1, 0.15) is 24.1 Å². The van der Waals surface area contributed by atoms with Crippen molar-refractivity contribution in [3.8, 4) is 17.2 Å². The minimum atomic E-state index is -1.19. The van der Waals surface area contributed by atoms with Crippen LogP contribution in [0.4, 0.5) is 0 Å². The summed E-state index contributed by atoms with van der Waals surface area (Å²) < 4.78 is 24.0. The van der Waals surface area contributed by atoms with E-state index in [1.165, 1.54) is 18.4 Å². The molecule has 33 heavy (non-hydrogen) atoms. The maximum Gasteiger partial charge on any atom is 0.317 e. The lowest BCUT2D eigenvalue weighted by molar-refractivity contribution is -0.158. The highest BCUT2D eigenvalue weighted by Gasteiger charge is 2.55. The van der Waals surface area contributed by atoms with Gasteiger partial charge in [-0.25, -0.2) is 4.99 Å². The highest BCUT2D eigenvalue weighted by Crippen LogP contribution is 2.47. The Hall–Kier alpha value is -3.59. The van der Waals surface area contributed by atoms with Crippen LogP contribution in [0.5, 0.6) is 17.2 Å². The van der Waals surface area contributed by atoms with Crippen molar-refractivity contribution in [2.24, 2.45) is 10.9 Å². The van der Waals surface area contributed by atoms with E-state index in [4.69, 9.17) is 23.9 Å². The first kappa shape index (κ1) is 21.3. The fraction of sp³-hybridized carbons (Fsp3) is 0.292. The molecular formula is C24H22N2O6S. The van der Waals surface area contributed by atoms with Crippen LogP contribution >= 0.6 is 11.3 Å². The number of aromatic nitrogens is 1. The summed E-state index contributed by atoms with van der Waals surface area (Å²) in [7, 11) is 4.46. The van der Waals surface area contributed by atoms with Gasteiger partial charge in [0.05, 0.1) is 31.9 Å². The molecule has 0 radical (unpaired) electrons. The fourth-order valence-electron chi connectivity index (χ4n) is 4.53. The Morgan fingerprint density at radius 1 is 1.15 bits per heavy atom. The normalized spacial score (nSPS) is 23.0. The molecule has 0 saturated carbocycles. The highest BCUT2D eigenvalue weighted by molar-refractivity contribution is 7.07. The summed E-state index contributed by atoms with van der Waals surface area (Å²) in [5, 5.41) is 0. The number of rotatable bonds is 4. The molecule has 0 fully saturated rings. The lowest BCUT2D eigenvalue weighted by Gasteiger charge is -2.44. The van der Waals surface area contributed by atoms with E-state index in [9.17, 15) is 9.59 Å². The van der Waals surface area contributed by atoms with Crippen molar-refractivity contribution in [2.45, 2.75) is 18.7 Å². The lowest BCUT2D eigenvalue weighted by Crippen LogP contribution is -2.58. The number of methoxy groups -OCH3 is 3. The number of nitrogens with zero attached hydrogens (tertiary/aromatic N) is 2. The molecule has 9 heteroatoms. The smallest absolute Gasteiger partial charge is 0.317 e. The van der Waals surface area contributed by atoms with Gasteiger partial charge in [-0.1, -0.05) is 35.6 Å². The zero-order valence-corrected chi connectivity index (χ0v) is 19.3. The number of carbonyl (C=O) groups is 1. The summed E-state index contributed by atoms with van der Waals surface area (Å²) in [5.41, 5.74) is 0.105. The van der Waals surface area contributed by atoms with Gasteiger partial charge in [-0.05, 0) is 36.8 Å². The molecule has 2 aromatic carbocycles. The average molecular weight is 467 g/mol. The summed E-state index contributed by atoms with van der Waals surface area (Å²) in [6.45, 7) is 1.75. The zero-order chi connectivity index (χ0) is 23.3. The van der Waals surface area contributed by atoms with E-state index < -0.39 is 23.7 Å². The molecule has 3 heterocycles. The second-order valence-electron chi connectivity index (χ2n) is 7.93. The second-order valence-corrected chi connectivity index (χ2v) is 8.94. The molecule has 3 aromatic rings. The summed E-state index contributed by atoms with van der Waals surface area (Å²) in [6, 6.07) is 12.2. The molecule has 2 unspecified atom stereocenters. The van der Waals surface area contributed by atoms with Crippen molar-refractivity contribution >= 4 is 23.4 Å². The van der Waals surface area contributed by atoms with Crippen LogP contribution < -0.4 is 29.1 Å². The van der Waals surface area contributed by atoms with Crippen LogP contribution in [0.15, 0.2) is 52.3 Å². The number of hydrogen-bond acceptors (Lipinski definition) is 8. The maximum atomic E-state index is 13.6. The van der Waals surface area contributed by atoms with Gasteiger partial charge >= 0.3 is 5.97 Å². The summed E-state index contributed by atoms with van der Waals surface area (Å²) in [5.74, 6) is 0.487. The van der Waals surface area contributed by atoms with E-state index in [2.05, 4.69) is 0 Å². The molecule has 8 nitrogen and oxygen atoms in total. The van der Waals surface area contributed by atoms with Gasteiger partial charge in [0.1, 0.15) is 11.7 Å². The minimum Gasteiger partial charge on any atom is -0.493 e. The van der Waals surface area contributed by atoms with Gasteiger partial charge in [0.2, 0.25) is 5.72 Å². The van der Waals surface area contributed by atoms with Crippen molar-refractivity contribution < 1.29 is 23.7 Å². The molecule has 0 spiro atoms. The molecule has 2 aliphatic heterocycles. The highest BCUT2D eigenvalue weighted by atomic mass is 32.1. The predicted molar refractivity (Wildman–Crippen MR) is 122 cm³/mol. The van der Waals surface area contributed by atoms with E-state index in [1.54, 1.807) is 43.9 Å². The molecule has 5 rings (SSSR count). The fourth-order valence-corrected chi connectivity index (χ4v) is 5.62. The first-order chi connectivity index (χ1) is 15.9. The molecule has 2 aliphatic rings. The van der Waals surface area contributed by atoms with Gasteiger partial charge in [-0.15, -0.1) is 0 Å². The van der Waals surface area contributed by atoms with Crippen molar-refractivity contribution in [1.82, 2.24) is 4.57 Å². The van der Waals surface area contributed by atoms with Gasteiger partial charge in [0, 0.05) is 5.56 Å². The van der Waals surface area contributed by atoms with Gasteiger partial charge in [-0.3, -0.25) is 14.2 Å². The molecule has 2 bridgehead atoms. The summed E-state index contributed by atoms with van der Waals surface area (Å²) in [6.07, 6.45) is 1.78. The number of para-hydroxylation sites is 1. The predicted octanol–water partition coefficient (Wildman–Crippen LogP) is 1.88. The van der Waals surface area contributed by atoms with E-state index in [-0.39, 0.29) is 5.56 Å². The summed E-state index contributed by atoms with van der Waals surface area (Å²) >= 11 is 1.26. The van der Waals surface area contributed by atoms with Crippen molar-refractivity contribution in [3.05, 3.63) is 73.3 Å². The number of hydrogen-bond donors (Lipinski definition) is 0. The van der Waals surface area contributed by atoms with E-state index in [0.717, 1.165) is 11.1 Å². The van der Waals surface area contributed by atoms with E-state index in [1.807, 2.05) is 30.3 Å². The Balaban J connectivity index is 1.74. The van der Waals surface area contributed by atoms with Crippen LogP contribution in [-0.2, 0) is 9.53 Å². The topological polar surface area (TPSA) is 88.4 Å². The largest absolute Gasteiger partial charge is 0.493 e. The molecule has 1 aromatic heterocycles. The van der Waals surface area contributed by atoms with Crippen LogP contribution in [0.3, 0.4) is 0 Å². The monoisotopic (exact) mass is 466 g/mol. The SMILES string of the molecule is COC(=O)C1C2c3ccccc3O[C@@]1(C)N=c1sc(=Cc3ccc(OC)c(OC)c3)c(=O)n12. The zero-order valence-electron chi connectivity index (χ0n) is 18.5. The molecule has 0 aliphatic carbocycles. The molecule has 170 valence electrons. The third-order valence-electron chi connectivity index (χ3n) is 6.04. The standard InChI is InChI=1S/C24H22N2O6S/c1-24-19(22(28)31-4)20(14-7-5-6-8-15(14)32-24)26-21(27)18(33-23(26)25-24)12-13-9-10-16(29-2)17(11-13)30-3/h5-12,19-20H,1-4H3/t19?,20?,24-/m1/s1. The lowest BCUT2D eigenvalue weighted by atomic mass is 9.81. The van der Waals surface area contributed by atoms with Crippen LogP contribution in [0.25, 0.3) is 6.08 Å². The number of esters is 1.